The minimum atomic E-state index is -1.96. The predicted molar refractivity (Wildman–Crippen MR) is 101 cm³/mol. The number of benzene rings is 1. The van der Waals surface area contributed by atoms with Crippen molar-refractivity contribution in [1.29, 1.82) is 0 Å². The number of Topliss-reactive ketones (excluding diaryl/α,β-unsaturated/α-hetero) is 1. The van der Waals surface area contributed by atoms with Gasteiger partial charge in [0, 0.05) is 5.92 Å². The number of carbonyl (C=O) groups is 3. The Morgan fingerprint density at radius 1 is 1.22 bits per heavy atom. The lowest BCUT2D eigenvalue weighted by Crippen LogP contribution is -2.54. The number of fused-ring (bicyclic) bond motifs is 1. The van der Waals surface area contributed by atoms with Gasteiger partial charge in [-0.1, -0.05) is 35.2 Å². The van der Waals surface area contributed by atoms with Crippen molar-refractivity contribution >= 4 is 40.9 Å². The van der Waals surface area contributed by atoms with Crippen molar-refractivity contribution in [3.8, 4) is 0 Å². The van der Waals surface area contributed by atoms with Gasteiger partial charge in [0.25, 0.3) is 5.60 Å². The molecule has 0 bridgehead atoms. The molecule has 0 N–H and O–H groups in total. The molecule has 1 aromatic rings. The molecule has 27 heavy (non-hydrogen) atoms. The zero-order chi connectivity index (χ0) is 19.8. The van der Waals surface area contributed by atoms with E-state index >= 15 is 0 Å². The van der Waals surface area contributed by atoms with Crippen LogP contribution in [0.25, 0.3) is 0 Å². The standard InChI is InChI=1S/C20H20Cl2O5/c1-3-26-19(25)20(14-7-5-4-6-13(14)11(2)17(20)23)27-18(24)12-8-9-15(21)16(22)10-12/h8-10,14H,3-7H2,1-2H3/t14-,20+/m1/s1. The molecule has 0 radical (unpaired) electrons. The van der Waals surface area contributed by atoms with Crippen LogP contribution in [0.1, 0.15) is 49.9 Å². The van der Waals surface area contributed by atoms with Gasteiger partial charge >= 0.3 is 11.9 Å². The highest BCUT2D eigenvalue weighted by atomic mass is 35.5. The van der Waals surface area contributed by atoms with E-state index in [1.54, 1.807) is 13.8 Å². The molecule has 1 fully saturated rings. The average molecular weight is 411 g/mol. The summed E-state index contributed by atoms with van der Waals surface area (Å²) in [4.78, 5) is 38.8. The number of rotatable bonds is 4. The molecule has 2 aliphatic carbocycles. The molecule has 5 nitrogen and oxygen atoms in total. The Bertz CT molecular complexity index is 845. The van der Waals surface area contributed by atoms with E-state index in [9.17, 15) is 14.4 Å². The van der Waals surface area contributed by atoms with Crippen LogP contribution in [-0.4, -0.2) is 29.9 Å². The smallest absolute Gasteiger partial charge is 0.359 e. The second kappa shape index (κ2) is 7.64. The molecule has 0 spiro atoms. The van der Waals surface area contributed by atoms with E-state index in [1.807, 2.05) is 0 Å². The van der Waals surface area contributed by atoms with Gasteiger partial charge < -0.3 is 9.47 Å². The third-order valence-corrected chi connectivity index (χ3v) is 5.99. The first-order valence-electron chi connectivity index (χ1n) is 8.93. The summed E-state index contributed by atoms with van der Waals surface area (Å²) in [5, 5.41) is 0.471. The number of ketones is 1. The van der Waals surface area contributed by atoms with Crippen molar-refractivity contribution in [2.75, 3.05) is 6.61 Å². The minimum Gasteiger partial charge on any atom is -0.463 e. The van der Waals surface area contributed by atoms with Crippen molar-refractivity contribution in [3.05, 3.63) is 45.0 Å². The third-order valence-electron chi connectivity index (χ3n) is 5.25. The summed E-state index contributed by atoms with van der Waals surface area (Å²) in [6.07, 6.45) is 3.09. The summed E-state index contributed by atoms with van der Waals surface area (Å²) < 4.78 is 10.8. The minimum absolute atomic E-state index is 0.0826. The molecule has 0 unspecified atom stereocenters. The van der Waals surface area contributed by atoms with Crippen molar-refractivity contribution in [3.63, 3.8) is 0 Å². The van der Waals surface area contributed by atoms with Gasteiger partial charge in [-0.3, -0.25) is 4.79 Å². The Hall–Kier alpha value is -1.85. The van der Waals surface area contributed by atoms with E-state index < -0.39 is 29.2 Å². The zero-order valence-electron chi connectivity index (χ0n) is 15.1. The number of halogens is 2. The quantitative estimate of drug-likeness (QED) is 0.538. The molecule has 2 aliphatic rings. The molecule has 3 rings (SSSR count). The maximum Gasteiger partial charge on any atom is 0.359 e. The lowest BCUT2D eigenvalue weighted by molar-refractivity contribution is -0.173. The van der Waals surface area contributed by atoms with E-state index in [2.05, 4.69) is 0 Å². The first kappa shape index (κ1) is 19.9. The van der Waals surface area contributed by atoms with Gasteiger partial charge in [0.1, 0.15) is 0 Å². The number of hydrogen-bond acceptors (Lipinski definition) is 5. The van der Waals surface area contributed by atoms with Gasteiger partial charge in [-0.15, -0.1) is 0 Å². The number of ether oxygens (including phenoxy) is 2. The lowest BCUT2D eigenvalue weighted by atomic mass is 9.77. The molecule has 0 amide bonds. The van der Waals surface area contributed by atoms with Gasteiger partial charge in [-0.05, 0) is 56.9 Å². The molecule has 144 valence electrons. The number of hydrogen-bond donors (Lipinski definition) is 0. The first-order chi connectivity index (χ1) is 12.8. The molecule has 0 aliphatic heterocycles. The van der Waals surface area contributed by atoms with E-state index in [0.717, 1.165) is 18.4 Å². The Labute approximate surface area is 167 Å². The normalized spacial score (nSPS) is 24.6. The highest BCUT2D eigenvalue weighted by molar-refractivity contribution is 6.42. The zero-order valence-corrected chi connectivity index (χ0v) is 16.7. The Balaban J connectivity index is 2.02. The highest BCUT2D eigenvalue weighted by Crippen LogP contribution is 2.48. The second-order valence-electron chi connectivity index (χ2n) is 6.75. The fourth-order valence-corrected chi connectivity index (χ4v) is 4.25. The fourth-order valence-electron chi connectivity index (χ4n) is 3.95. The largest absolute Gasteiger partial charge is 0.463 e. The molecule has 0 aromatic heterocycles. The van der Waals surface area contributed by atoms with E-state index in [4.69, 9.17) is 32.7 Å². The summed E-state index contributed by atoms with van der Waals surface area (Å²) in [5.41, 5.74) is -0.460. The number of carbonyl (C=O) groups excluding carboxylic acids is 3. The van der Waals surface area contributed by atoms with Crippen molar-refractivity contribution in [2.24, 2.45) is 5.92 Å². The fraction of sp³-hybridized carbons (Fsp3) is 0.450. The van der Waals surface area contributed by atoms with Gasteiger partial charge in [-0.2, -0.15) is 0 Å². The maximum atomic E-state index is 13.1. The van der Waals surface area contributed by atoms with Crippen molar-refractivity contribution in [2.45, 2.75) is 45.1 Å². The Morgan fingerprint density at radius 3 is 2.63 bits per heavy atom. The van der Waals surface area contributed by atoms with Crippen molar-refractivity contribution < 1.29 is 23.9 Å². The van der Waals surface area contributed by atoms with Crippen LogP contribution in [0.3, 0.4) is 0 Å². The van der Waals surface area contributed by atoms with Crippen LogP contribution in [0.4, 0.5) is 0 Å². The molecular formula is C20H20Cl2O5. The monoisotopic (exact) mass is 410 g/mol. The molecule has 1 aromatic carbocycles. The Morgan fingerprint density at radius 2 is 1.96 bits per heavy atom. The maximum absolute atomic E-state index is 13.1. The van der Waals surface area contributed by atoms with Crippen LogP contribution in [-0.2, 0) is 19.1 Å². The third kappa shape index (κ3) is 3.27. The predicted octanol–water partition coefficient (Wildman–Crippen LogP) is 4.54. The van der Waals surface area contributed by atoms with Gasteiger partial charge in [0.15, 0.2) is 0 Å². The van der Waals surface area contributed by atoms with Crippen LogP contribution in [0, 0.1) is 5.92 Å². The summed E-state index contributed by atoms with van der Waals surface area (Å²) in [6.45, 7) is 3.41. The highest BCUT2D eigenvalue weighted by Gasteiger charge is 2.63. The Kier molecular flexibility index (Phi) is 5.63. The second-order valence-corrected chi connectivity index (χ2v) is 7.57. The van der Waals surface area contributed by atoms with Crippen LogP contribution < -0.4 is 0 Å². The number of esters is 2. The lowest BCUT2D eigenvalue weighted by Gasteiger charge is -2.34. The van der Waals surface area contributed by atoms with Crippen LogP contribution >= 0.6 is 23.2 Å². The molecule has 0 heterocycles. The van der Waals surface area contributed by atoms with Gasteiger partial charge in [-0.25, -0.2) is 9.59 Å². The summed E-state index contributed by atoms with van der Waals surface area (Å²) in [6, 6.07) is 4.26. The van der Waals surface area contributed by atoms with E-state index in [1.165, 1.54) is 18.2 Å². The summed E-state index contributed by atoms with van der Waals surface area (Å²) in [7, 11) is 0. The average Bonchev–Trinajstić information content (AvgIpc) is 2.87. The van der Waals surface area contributed by atoms with Crippen LogP contribution in [0.2, 0.25) is 10.0 Å². The van der Waals surface area contributed by atoms with E-state index in [0.29, 0.717) is 18.4 Å². The van der Waals surface area contributed by atoms with Crippen LogP contribution in [0.15, 0.2) is 29.3 Å². The van der Waals surface area contributed by atoms with E-state index in [-0.39, 0.29) is 22.2 Å². The molecule has 7 heteroatoms. The summed E-state index contributed by atoms with van der Waals surface area (Å²) in [5.74, 6) is -2.60. The summed E-state index contributed by atoms with van der Waals surface area (Å²) >= 11 is 11.9. The molecular weight excluding hydrogens is 391 g/mol. The SMILES string of the molecule is CCOC(=O)[C@@]1(OC(=O)c2ccc(Cl)c(Cl)c2)C(=O)C(C)=C2CCCC[C@H]21. The van der Waals surface area contributed by atoms with Gasteiger partial charge in [0.05, 0.1) is 22.2 Å². The van der Waals surface area contributed by atoms with Gasteiger partial charge in [0.2, 0.25) is 5.78 Å². The molecule has 1 saturated carbocycles. The van der Waals surface area contributed by atoms with Crippen molar-refractivity contribution in [1.82, 2.24) is 0 Å². The molecule has 0 saturated heterocycles. The van der Waals surface area contributed by atoms with Crippen LogP contribution in [0.5, 0.6) is 0 Å². The topological polar surface area (TPSA) is 69.7 Å². The first-order valence-corrected chi connectivity index (χ1v) is 9.68. The molecule has 2 atom stereocenters.